The number of anilines is 1. The predicted octanol–water partition coefficient (Wildman–Crippen LogP) is 1.55. The Labute approximate surface area is 158 Å². The Morgan fingerprint density at radius 2 is 1.85 bits per heavy atom. The highest BCUT2D eigenvalue weighted by atomic mass is 16.1. The molecule has 0 spiro atoms. The molecule has 0 radical (unpaired) electrons. The summed E-state index contributed by atoms with van der Waals surface area (Å²) in [6, 6.07) is 12.2. The number of carbonyl (C=O) groups is 1. The van der Waals surface area contributed by atoms with Crippen LogP contribution < -0.4 is 10.6 Å². The standard InChI is InChI=1S/C20H24N6O/c1-15-6-7-20(23-22-15)25-10-8-24(9-11-25)12-16-13-26(14-19(21)27)18-5-3-2-4-17(16)18/h2-7,13H,8-12,14H2,1H3,(H2,21,27). The van der Waals surface area contributed by atoms with E-state index in [0.717, 1.165) is 49.8 Å². The molecule has 2 aromatic heterocycles. The molecule has 0 atom stereocenters. The third kappa shape index (κ3) is 3.78. The van der Waals surface area contributed by atoms with Gasteiger partial charge >= 0.3 is 0 Å². The van der Waals surface area contributed by atoms with E-state index < -0.39 is 0 Å². The number of fused-ring (bicyclic) bond motifs is 1. The Hall–Kier alpha value is -2.93. The first-order valence-electron chi connectivity index (χ1n) is 9.23. The monoisotopic (exact) mass is 364 g/mol. The van der Waals surface area contributed by atoms with E-state index in [0.29, 0.717) is 0 Å². The van der Waals surface area contributed by atoms with Crippen molar-refractivity contribution >= 4 is 22.6 Å². The number of carbonyl (C=O) groups excluding carboxylic acids is 1. The van der Waals surface area contributed by atoms with Crippen LogP contribution in [0.2, 0.25) is 0 Å². The minimum atomic E-state index is -0.324. The van der Waals surface area contributed by atoms with E-state index in [1.54, 1.807) is 0 Å². The highest BCUT2D eigenvalue weighted by molar-refractivity contribution is 5.85. The van der Waals surface area contributed by atoms with Crippen molar-refractivity contribution in [1.29, 1.82) is 0 Å². The highest BCUT2D eigenvalue weighted by Crippen LogP contribution is 2.23. The SMILES string of the molecule is Cc1ccc(N2CCN(Cc3cn(CC(N)=O)c4ccccc34)CC2)nn1. The van der Waals surface area contributed by atoms with Crippen LogP contribution in [0.1, 0.15) is 11.3 Å². The van der Waals surface area contributed by atoms with Gasteiger partial charge in [-0.2, -0.15) is 5.10 Å². The molecule has 0 bridgehead atoms. The summed E-state index contributed by atoms with van der Waals surface area (Å²) >= 11 is 0. The van der Waals surface area contributed by atoms with Crippen molar-refractivity contribution in [1.82, 2.24) is 19.7 Å². The fourth-order valence-electron chi connectivity index (χ4n) is 3.68. The van der Waals surface area contributed by atoms with Gasteiger partial charge in [-0.25, -0.2) is 0 Å². The number of nitrogens with zero attached hydrogens (tertiary/aromatic N) is 5. The quantitative estimate of drug-likeness (QED) is 0.743. The maximum absolute atomic E-state index is 11.4. The molecular formula is C20H24N6O. The molecule has 3 heterocycles. The van der Waals surface area contributed by atoms with Crippen molar-refractivity contribution in [2.75, 3.05) is 31.1 Å². The van der Waals surface area contributed by atoms with Crippen LogP contribution in [0.4, 0.5) is 5.82 Å². The summed E-state index contributed by atoms with van der Waals surface area (Å²) in [6.45, 7) is 6.80. The maximum atomic E-state index is 11.4. The average Bonchev–Trinajstić information content (AvgIpc) is 3.00. The zero-order valence-electron chi connectivity index (χ0n) is 15.5. The highest BCUT2D eigenvalue weighted by Gasteiger charge is 2.20. The van der Waals surface area contributed by atoms with Crippen LogP contribution in [-0.4, -0.2) is 51.8 Å². The van der Waals surface area contributed by atoms with Crippen molar-refractivity contribution in [3.8, 4) is 0 Å². The van der Waals surface area contributed by atoms with Crippen molar-refractivity contribution in [3.63, 3.8) is 0 Å². The summed E-state index contributed by atoms with van der Waals surface area (Å²) in [5.74, 6) is 0.619. The van der Waals surface area contributed by atoms with Crippen LogP contribution >= 0.6 is 0 Å². The van der Waals surface area contributed by atoms with Crippen LogP contribution in [-0.2, 0) is 17.9 Å². The van der Waals surface area contributed by atoms with Gasteiger partial charge in [0.05, 0.1) is 5.69 Å². The number of primary amides is 1. The molecule has 1 saturated heterocycles. The third-order valence-electron chi connectivity index (χ3n) is 5.07. The second kappa shape index (κ2) is 7.36. The summed E-state index contributed by atoms with van der Waals surface area (Å²) in [4.78, 5) is 16.1. The van der Waals surface area contributed by atoms with Gasteiger partial charge < -0.3 is 15.2 Å². The largest absolute Gasteiger partial charge is 0.368 e. The molecule has 0 aliphatic carbocycles. The van der Waals surface area contributed by atoms with Gasteiger partial charge in [0.2, 0.25) is 5.91 Å². The fraction of sp³-hybridized carbons (Fsp3) is 0.350. The molecule has 1 aliphatic heterocycles. The summed E-state index contributed by atoms with van der Waals surface area (Å²) in [5.41, 5.74) is 8.62. The fourth-order valence-corrected chi connectivity index (χ4v) is 3.68. The summed E-state index contributed by atoms with van der Waals surface area (Å²) < 4.78 is 1.95. The summed E-state index contributed by atoms with van der Waals surface area (Å²) in [5, 5.41) is 9.63. The maximum Gasteiger partial charge on any atom is 0.237 e. The van der Waals surface area contributed by atoms with E-state index in [4.69, 9.17) is 5.73 Å². The molecule has 7 heteroatoms. The number of aromatic nitrogens is 3. The average molecular weight is 364 g/mol. The van der Waals surface area contributed by atoms with Gasteiger partial charge in [-0.05, 0) is 30.7 Å². The van der Waals surface area contributed by atoms with Gasteiger partial charge in [0.15, 0.2) is 5.82 Å². The van der Waals surface area contributed by atoms with Gasteiger partial charge in [0.1, 0.15) is 6.54 Å². The van der Waals surface area contributed by atoms with Crippen molar-refractivity contribution in [2.45, 2.75) is 20.0 Å². The first-order valence-corrected chi connectivity index (χ1v) is 9.23. The molecule has 2 N–H and O–H groups in total. The van der Waals surface area contributed by atoms with Crippen LogP contribution in [0.15, 0.2) is 42.6 Å². The number of aryl methyl sites for hydroxylation is 1. The number of piperazine rings is 1. The van der Waals surface area contributed by atoms with Crippen LogP contribution in [0.3, 0.4) is 0 Å². The van der Waals surface area contributed by atoms with Gasteiger partial charge in [-0.15, -0.1) is 5.10 Å². The van der Waals surface area contributed by atoms with Crippen molar-refractivity contribution < 1.29 is 4.79 Å². The second-order valence-corrected chi connectivity index (χ2v) is 7.06. The third-order valence-corrected chi connectivity index (χ3v) is 5.07. The molecule has 4 rings (SSSR count). The van der Waals surface area contributed by atoms with Crippen molar-refractivity contribution in [2.24, 2.45) is 5.73 Å². The topological polar surface area (TPSA) is 80.3 Å². The number of hydrogen-bond acceptors (Lipinski definition) is 5. The zero-order valence-corrected chi connectivity index (χ0v) is 15.5. The Balaban J connectivity index is 1.46. The molecular weight excluding hydrogens is 340 g/mol. The molecule has 0 saturated carbocycles. The summed E-state index contributed by atoms with van der Waals surface area (Å²) in [7, 11) is 0. The Kier molecular flexibility index (Phi) is 4.77. The van der Waals surface area contributed by atoms with Gasteiger partial charge in [-0.1, -0.05) is 18.2 Å². The molecule has 3 aromatic rings. The zero-order chi connectivity index (χ0) is 18.8. The van der Waals surface area contributed by atoms with E-state index in [1.165, 1.54) is 10.9 Å². The van der Waals surface area contributed by atoms with E-state index in [2.05, 4.69) is 32.3 Å². The van der Waals surface area contributed by atoms with Gasteiger partial charge in [0.25, 0.3) is 0 Å². The molecule has 1 aliphatic rings. The van der Waals surface area contributed by atoms with E-state index in [9.17, 15) is 4.79 Å². The second-order valence-electron chi connectivity index (χ2n) is 7.06. The Morgan fingerprint density at radius 1 is 1.07 bits per heavy atom. The smallest absolute Gasteiger partial charge is 0.237 e. The minimum Gasteiger partial charge on any atom is -0.368 e. The lowest BCUT2D eigenvalue weighted by Crippen LogP contribution is -2.46. The molecule has 1 fully saturated rings. The first-order chi connectivity index (χ1) is 13.1. The minimum absolute atomic E-state index is 0.209. The van der Waals surface area contributed by atoms with E-state index in [-0.39, 0.29) is 12.5 Å². The molecule has 0 unspecified atom stereocenters. The normalized spacial score (nSPS) is 15.4. The Morgan fingerprint density at radius 3 is 2.56 bits per heavy atom. The lowest BCUT2D eigenvalue weighted by Gasteiger charge is -2.35. The van der Waals surface area contributed by atoms with Crippen molar-refractivity contribution in [3.05, 3.63) is 53.9 Å². The number of para-hydroxylation sites is 1. The van der Waals surface area contributed by atoms with Gasteiger partial charge in [0, 0.05) is 49.8 Å². The number of amides is 1. The number of nitrogens with two attached hydrogens (primary N) is 1. The Bertz CT molecular complexity index is 941. The first kappa shape index (κ1) is 17.5. The molecule has 7 nitrogen and oxygen atoms in total. The van der Waals surface area contributed by atoms with Crippen LogP contribution in [0.25, 0.3) is 10.9 Å². The number of benzene rings is 1. The van der Waals surface area contributed by atoms with Crippen LogP contribution in [0, 0.1) is 6.92 Å². The van der Waals surface area contributed by atoms with E-state index >= 15 is 0 Å². The molecule has 27 heavy (non-hydrogen) atoms. The lowest BCUT2D eigenvalue weighted by atomic mass is 10.1. The molecule has 1 aromatic carbocycles. The van der Waals surface area contributed by atoms with Gasteiger partial charge in [-0.3, -0.25) is 9.69 Å². The number of hydrogen-bond donors (Lipinski definition) is 1. The molecule has 140 valence electrons. The van der Waals surface area contributed by atoms with E-state index in [1.807, 2.05) is 41.8 Å². The lowest BCUT2D eigenvalue weighted by molar-refractivity contribution is -0.118. The summed E-state index contributed by atoms with van der Waals surface area (Å²) in [6.07, 6.45) is 2.06. The predicted molar refractivity (Wildman–Crippen MR) is 105 cm³/mol. The molecule has 1 amide bonds. The van der Waals surface area contributed by atoms with Crippen LogP contribution in [0.5, 0.6) is 0 Å². The number of rotatable bonds is 5.